The minimum Gasteiger partial charge on any atom is -0.391 e. The molecule has 0 aromatic heterocycles. The molecule has 0 spiro atoms. The Labute approximate surface area is 123 Å². The SMILES string of the molecule is CCC(C)(c1ccc(C)cc1)C(O)CN1CCCCC1. The zero-order chi connectivity index (χ0) is 14.6. The van der Waals surface area contributed by atoms with Crippen LogP contribution in [0.15, 0.2) is 24.3 Å². The zero-order valence-electron chi connectivity index (χ0n) is 13.2. The van der Waals surface area contributed by atoms with Crippen LogP contribution in [0.4, 0.5) is 0 Å². The van der Waals surface area contributed by atoms with Gasteiger partial charge in [-0.25, -0.2) is 0 Å². The number of rotatable bonds is 5. The molecule has 1 aromatic carbocycles. The Balaban J connectivity index is 2.09. The van der Waals surface area contributed by atoms with Crippen LogP contribution in [0.2, 0.25) is 0 Å². The standard InChI is InChI=1S/C18H29NO/c1-4-18(3,16-10-8-15(2)9-11-16)17(20)14-19-12-6-5-7-13-19/h8-11,17,20H,4-7,12-14H2,1-3H3. The molecule has 2 heteroatoms. The van der Waals surface area contributed by atoms with Crippen LogP contribution in [-0.2, 0) is 5.41 Å². The molecule has 2 unspecified atom stereocenters. The lowest BCUT2D eigenvalue weighted by Gasteiger charge is -2.38. The van der Waals surface area contributed by atoms with Crippen molar-refractivity contribution in [2.45, 2.75) is 58.0 Å². The van der Waals surface area contributed by atoms with Crippen molar-refractivity contribution >= 4 is 0 Å². The first-order valence-electron chi connectivity index (χ1n) is 8.04. The number of hydrogen-bond donors (Lipinski definition) is 1. The molecule has 2 nitrogen and oxygen atoms in total. The quantitative estimate of drug-likeness (QED) is 0.889. The van der Waals surface area contributed by atoms with Crippen LogP contribution < -0.4 is 0 Å². The summed E-state index contributed by atoms with van der Waals surface area (Å²) in [5, 5.41) is 10.8. The summed E-state index contributed by atoms with van der Waals surface area (Å²) in [6.07, 6.45) is 4.56. The predicted molar refractivity (Wildman–Crippen MR) is 85.1 cm³/mol. The summed E-state index contributed by atoms with van der Waals surface area (Å²) in [4.78, 5) is 2.43. The van der Waals surface area contributed by atoms with Gasteiger partial charge in [0.25, 0.3) is 0 Å². The average molecular weight is 275 g/mol. The second-order valence-electron chi connectivity index (χ2n) is 6.51. The first-order valence-corrected chi connectivity index (χ1v) is 8.04. The van der Waals surface area contributed by atoms with Crippen LogP contribution in [0, 0.1) is 6.92 Å². The van der Waals surface area contributed by atoms with Crippen LogP contribution in [0.1, 0.15) is 50.7 Å². The summed E-state index contributed by atoms with van der Waals surface area (Å²) in [5.74, 6) is 0. The van der Waals surface area contributed by atoms with Crippen molar-refractivity contribution in [2.75, 3.05) is 19.6 Å². The van der Waals surface area contributed by atoms with Gasteiger partial charge < -0.3 is 10.0 Å². The normalized spacial score (nSPS) is 21.4. The van der Waals surface area contributed by atoms with Gasteiger partial charge in [-0.15, -0.1) is 0 Å². The van der Waals surface area contributed by atoms with Crippen molar-refractivity contribution in [1.29, 1.82) is 0 Å². The van der Waals surface area contributed by atoms with E-state index in [9.17, 15) is 5.11 Å². The van der Waals surface area contributed by atoms with Crippen molar-refractivity contribution < 1.29 is 5.11 Å². The zero-order valence-corrected chi connectivity index (χ0v) is 13.2. The summed E-state index contributed by atoms with van der Waals surface area (Å²) >= 11 is 0. The van der Waals surface area contributed by atoms with Crippen molar-refractivity contribution in [2.24, 2.45) is 0 Å². The number of aliphatic hydroxyl groups is 1. The molecule has 1 saturated heterocycles. The Morgan fingerprint density at radius 1 is 1.15 bits per heavy atom. The lowest BCUT2D eigenvalue weighted by atomic mass is 9.75. The molecular weight excluding hydrogens is 246 g/mol. The highest BCUT2D eigenvalue weighted by molar-refractivity contribution is 5.29. The van der Waals surface area contributed by atoms with E-state index in [0.717, 1.165) is 26.1 Å². The minimum absolute atomic E-state index is 0.148. The fraction of sp³-hybridized carbons (Fsp3) is 0.667. The van der Waals surface area contributed by atoms with Gasteiger partial charge in [-0.2, -0.15) is 0 Å². The third kappa shape index (κ3) is 3.42. The molecule has 0 aliphatic carbocycles. The van der Waals surface area contributed by atoms with E-state index in [-0.39, 0.29) is 11.5 Å². The second kappa shape index (κ2) is 6.73. The van der Waals surface area contributed by atoms with Crippen LogP contribution in [0.25, 0.3) is 0 Å². The number of β-amino-alcohol motifs (C(OH)–C–C–N with tert-alkyl or cyclic N) is 1. The van der Waals surface area contributed by atoms with E-state index in [1.165, 1.54) is 30.4 Å². The molecular formula is C18H29NO. The van der Waals surface area contributed by atoms with Crippen LogP contribution in [0.5, 0.6) is 0 Å². The molecule has 0 radical (unpaired) electrons. The first-order chi connectivity index (χ1) is 9.56. The Bertz CT molecular complexity index is 408. The molecule has 2 atom stereocenters. The van der Waals surface area contributed by atoms with Crippen molar-refractivity contribution in [1.82, 2.24) is 4.90 Å². The maximum absolute atomic E-state index is 10.8. The van der Waals surface area contributed by atoms with Crippen LogP contribution in [-0.4, -0.2) is 35.7 Å². The van der Waals surface area contributed by atoms with Gasteiger partial charge in [-0.3, -0.25) is 0 Å². The highest BCUT2D eigenvalue weighted by atomic mass is 16.3. The summed E-state index contributed by atoms with van der Waals surface area (Å²) < 4.78 is 0. The van der Waals surface area contributed by atoms with Gasteiger partial charge in [0.05, 0.1) is 6.10 Å². The van der Waals surface area contributed by atoms with Crippen LogP contribution >= 0.6 is 0 Å². The highest BCUT2D eigenvalue weighted by Crippen LogP contribution is 2.32. The maximum Gasteiger partial charge on any atom is 0.0760 e. The smallest absolute Gasteiger partial charge is 0.0760 e. The number of aliphatic hydroxyl groups excluding tert-OH is 1. The summed E-state index contributed by atoms with van der Waals surface area (Å²) in [7, 11) is 0. The molecule has 0 saturated carbocycles. The van der Waals surface area contributed by atoms with Crippen molar-refractivity contribution in [3.05, 3.63) is 35.4 Å². The third-order valence-electron chi connectivity index (χ3n) is 5.06. The Morgan fingerprint density at radius 3 is 2.30 bits per heavy atom. The number of hydrogen-bond acceptors (Lipinski definition) is 2. The Morgan fingerprint density at radius 2 is 1.75 bits per heavy atom. The molecule has 20 heavy (non-hydrogen) atoms. The van der Waals surface area contributed by atoms with Gasteiger partial charge in [-0.1, -0.05) is 50.1 Å². The number of likely N-dealkylation sites (tertiary alicyclic amines) is 1. The van der Waals surface area contributed by atoms with Crippen LogP contribution in [0.3, 0.4) is 0 Å². The van der Waals surface area contributed by atoms with E-state index in [4.69, 9.17) is 0 Å². The second-order valence-corrected chi connectivity index (χ2v) is 6.51. The lowest BCUT2D eigenvalue weighted by Crippen LogP contribution is -2.46. The van der Waals surface area contributed by atoms with Gasteiger partial charge >= 0.3 is 0 Å². The predicted octanol–water partition coefficient (Wildman–Crippen LogP) is 3.51. The number of benzene rings is 1. The fourth-order valence-electron chi connectivity index (χ4n) is 3.15. The maximum atomic E-state index is 10.8. The molecule has 1 fully saturated rings. The highest BCUT2D eigenvalue weighted by Gasteiger charge is 2.34. The largest absolute Gasteiger partial charge is 0.391 e. The van der Waals surface area contributed by atoms with Crippen molar-refractivity contribution in [3.63, 3.8) is 0 Å². The summed E-state index contributed by atoms with van der Waals surface area (Å²) in [6, 6.07) is 8.66. The van der Waals surface area contributed by atoms with E-state index in [0.29, 0.717) is 0 Å². The monoisotopic (exact) mass is 275 g/mol. The molecule has 0 bridgehead atoms. The van der Waals surface area contributed by atoms with E-state index in [1.807, 2.05) is 0 Å². The molecule has 1 aromatic rings. The molecule has 2 rings (SSSR count). The third-order valence-corrected chi connectivity index (χ3v) is 5.06. The molecule has 112 valence electrons. The summed E-state index contributed by atoms with van der Waals surface area (Å²) in [6.45, 7) is 9.58. The average Bonchev–Trinajstić information content (AvgIpc) is 2.48. The van der Waals surface area contributed by atoms with Gasteiger partial charge in [0, 0.05) is 12.0 Å². The fourth-order valence-corrected chi connectivity index (χ4v) is 3.15. The van der Waals surface area contributed by atoms with E-state index in [2.05, 4.69) is 49.9 Å². The topological polar surface area (TPSA) is 23.5 Å². The molecule has 1 aliphatic heterocycles. The summed E-state index contributed by atoms with van der Waals surface area (Å²) in [5.41, 5.74) is 2.39. The molecule has 1 heterocycles. The lowest BCUT2D eigenvalue weighted by molar-refractivity contribution is 0.0417. The van der Waals surface area contributed by atoms with Crippen molar-refractivity contribution in [3.8, 4) is 0 Å². The number of nitrogens with zero attached hydrogens (tertiary/aromatic N) is 1. The number of aryl methyl sites for hydroxylation is 1. The minimum atomic E-state index is -0.298. The van der Waals surface area contributed by atoms with Gasteiger partial charge in [0.2, 0.25) is 0 Å². The van der Waals surface area contributed by atoms with Gasteiger partial charge in [0.15, 0.2) is 0 Å². The van der Waals surface area contributed by atoms with Gasteiger partial charge in [0.1, 0.15) is 0 Å². The van der Waals surface area contributed by atoms with Gasteiger partial charge in [-0.05, 0) is 44.8 Å². The molecule has 0 amide bonds. The Hall–Kier alpha value is -0.860. The van der Waals surface area contributed by atoms with E-state index in [1.54, 1.807) is 0 Å². The Kier molecular flexibility index (Phi) is 5.22. The number of piperidine rings is 1. The molecule has 1 aliphatic rings. The van der Waals surface area contributed by atoms with E-state index < -0.39 is 0 Å². The van der Waals surface area contributed by atoms with E-state index >= 15 is 0 Å². The first kappa shape index (κ1) is 15.5. The molecule has 1 N–H and O–H groups in total.